The van der Waals surface area contributed by atoms with E-state index in [1.165, 1.54) is 0 Å². The van der Waals surface area contributed by atoms with E-state index in [4.69, 9.17) is 9.26 Å². The summed E-state index contributed by atoms with van der Waals surface area (Å²) in [4.78, 5) is 13.1. The lowest BCUT2D eigenvalue weighted by atomic mass is 10.1. The Morgan fingerprint density at radius 2 is 1.61 bits per heavy atom. The molecular weight excluding hydrogens is 433 g/mol. The van der Waals surface area contributed by atoms with Gasteiger partial charge in [-0.25, -0.2) is 12.7 Å². The van der Waals surface area contributed by atoms with Crippen molar-refractivity contribution in [3.63, 3.8) is 0 Å². The highest BCUT2D eigenvalue weighted by molar-refractivity contribution is 7.93. The lowest BCUT2D eigenvalue weighted by Crippen LogP contribution is -2.43. The summed E-state index contributed by atoms with van der Waals surface area (Å²) in [6.07, 6.45) is 0. The molecule has 0 fully saturated rings. The molecule has 0 saturated heterocycles. The zero-order valence-corrected chi connectivity index (χ0v) is 19.8. The van der Waals surface area contributed by atoms with Crippen molar-refractivity contribution in [3.05, 3.63) is 71.8 Å². The highest BCUT2D eigenvalue weighted by atomic mass is 32.2. The third-order valence-electron chi connectivity index (χ3n) is 4.71. The molecule has 3 aromatic rings. The van der Waals surface area contributed by atoms with Gasteiger partial charge in [0.2, 0.25) is 0 Å². The predicted molar refractivity (Wildman–Crippen MR) is 123 cm³/mol. The van der Waals surface area contributed by atoms with Gasteiger partial charge in [0.1, 0.15) is 0 Å². The summed E-state index contributed by atoms with van der Waals surface area (Å²) in [5.74, 6) is -1.31. The number of aryl methyl sites for hydroxylation is 2. The number of nitrogens with zero attached hydrogens (tertiary/aromatic N) is 1. The van der Waals surface area contributed by atoms with Crippen molar-refractivity contribution in [2.75, 3.05) is 17.5 Å². The molecule has 8 heteroatoms. The Bertz CT molecular complexity index is 1130. The fraction of sp³-hybridized carbons (Fsp3) is 0.304. The van der Waals surface area contributed by atoms with E-state index >= 15 is 0 Å². The van der Waals surface area contributed by atoms with Crippen molar-refractivity contribution in [2.24, 2.45) is 0 Å². The zero-order chi connectivity index (χ0) is 22.6. The average Bonchev–Trinajstić information content (AvgIpc) is 2.73. The lowest BCUT2D eigenvalue weighted by Gasteiger charge is -2.40. The topological polar surface area (TPSA) is 78.9 Å². The number of sulfonamides is 1. The van der Waals surface area contributed by atoms with E-state index < -0.39 is 24.4 Å². The van der Waals surface area contributed by atoms with E-state index in [0.29, 0.717) is 11.1 Å². The maximum Gasteiger partial charge on any atom is 0.266 e. The highest BCUT2D eigenvalue weighted by Crippen LogP contribution is 2.43. The van der Waals surface area contributed by atoms with E-state index in [2.05, 4.69) is 0 Å². The Hall–Kier alpha value is -2.02. The molecule has 31 heavy (non-hydrogen) atoms. The Morgan fingerprint density at radius 3 is 2.26 bits per heavy atom. The van der Waals surface area contributed by atoms with Gasteiger partial charge >= 0.3 is 0 Å². The van der Waals surface area contributed by atoms with Gasteiger partial charge in [-0.05, 0) is 70.8 Å². The fourth-order valence-electron chi connectivity index (χ4n) is 3.52. The molecule has 0 amide bonds. The third-order valence-corrected chi connectivity index (χ3v) is 7.86. The highest BCUT2D eigenvalue weighted by Gasteiger charge is 2.35. The molecular formula is C23H27NO5PS-. The first-order chi connectivity index (χ1) is 14.8. The van der Waals surface area contributed by atoms with E-state index in [9.17, 15) is 13.3 Å². The van der Waals surface area contributed by atoms with Crippen LogP contribution < -0.4 is 9.20 Å². The molecule has 0 aromatic heterocycles. The van der Waals surface area contributed by atoms with Crippen molar-refractivity contribution in [1.82, 2.24) is 0 Å². The van der Waals surface area contributed by atoms with Crippen molar-refractivity contribution in [3.8, 4) is 0 Å². The third kappa shape index (κ3) is 5.08. The van der Waals surface area contributed by atoms with Gasteiger partial charge < -0.3 is 14.2 Å². The van der Waals surface area contributed by atoms with Gasteiger partial charge in [0.25, 0.3) is 10.0 Å². The van der Waals surface area contributed by atoms with E-state index in [1.54, 1.807) is 38.1 Å². The standard InChI is InChI=1S/C23H27NO5PS/c1-5-28-23(30(25)29-6-2)24(22-13-9-11-19-10-7-8-12-21(19)22)31(26,27)20-15-17(3)14-18(4)16-20/h7-16,23H,5-6H2,1-4H3/q-1. The van der Waals surface area contributed by atoms with Crippen LogP contribution in [0.4, 0.5) is 5.69 Å². The van der Waals surface area contributed by atoms with Crippen molar-refractivity contribution < 1.29 is 22.6 Å². The van der Waals surface area contributed by atoms with Crippen molar-refractivity contribution in [2.45, 2.75) is 38.6 Å². The summed E-state index contributed by atoms with van der Waals surface area (Å²) in [5, 5.41) is 1.57. The molecule has 0 heterocycles. The number of hydrogen-bond acceptors (Lipinski definition) is 5. The maximum absolute atomic E-state index is 14.0. The molecule has 3 aromatic carbocycles. The minimum Gasteiger partial charge on any atom is -0.805 e. The van der Waals surface area contributed by atoms with Crippen molar-refractivity contribution >= 4 is 34.9 Å². The van der Waals surface area contributed by atoms with Gasteiger partial charge in [0, 0.05) is 18.6 Å². The Kier molecular flexibility index (Phi) is 7.68. The summed E-state index contributed by atoms with van der Waals surface area (Å²) in [6, 6.07) is 18.0. The molecule has 166 valence electrons. The SMILES string of the molecule is CCOC(N(c1cccc2ccccc12)S(=O)(=O)c1cc(C)cc(C)c1)P([O-])OCC. The largest absolute Gasteiger partial charge is 0.805 e. The first-order valence-corrected chi connectivity index (χ1v) is 12.8. The number of rotatable bonds is 9. The normalized spacial score (nSPS) is 13.8. The average molecular weight is 461 g/mol. The van der Waals surface area contributed by atoms with Crippen LogP contribution in [0.1, 0.15) is 25.0 Å². The molecule has 2 unspecified atom stereocenters. The summed E-state index contributed by atoms with van der Waals surface area (Å²) >= 11 is 0. The van der Waals surface area contributed by atoms with Gasteiger partial charge in [-0.1, -0.05) is 42.5 Å². The second-order valence-electron chi connectivity index (χ2n) is 7.11. The second-order valence-corrected chi connectivity index (χ2v) is 10.2. The number of ether oxygens (including phenoxy) is 1. The van der Waals surface area contributed by atoms with Crippen LogP contribution in [0.2, 0.25) is 0 Å². The van der Waals surface area contributed by atoms with E-state index in [0.717, 1.165) is 20.8 Å². The summed E-state index contributed by atoms with van der Waals surface area (Å²) in [7, 11) is -6.59. The first kappa shape index (κ1) is 23.6. The number of benzene rings is 3. The fourth-order valence-corrected chi connectivity index (χ4v) is 6.68. The lowest BCUT2D eigenvalue weighted by molar-refractivity contribution is -0.189. The van der Waals surface area contributed by atoms with Crippen LogP contribution in [0.25, 0.3) is 10.8 Å². The molecule has 0 spiro atoms. The van der Waals surface area contributed by atoms with Crippen LogP contribution in [-0.2, 0) is 19.3 Å². The molecule has 0 N–H and O–H groups in total. The summed E-state index contributed by atoms with van der Waals surface area (Å²) in [5.41, 5.74) is 2.02. The van der Waals surface area contributed by atoms with Gasteiger partial charge in [-0.15, -0.1) is 0 Å². The molecule has 0 aliphatic heterocycles. The molecule has 0 radical (unpaired) electrons. The van der Waals surface area contributed by atoms with Crippen LogP contribution in [0.15, 0.2) is 65.6 Å². The maximum atomic E-state index is 14.0. The van der Waals surface area contributed by atoms with Crippen molar-refractivity contribution in [1.29, 1.82) is 0 Å². The van der Waals surface area contributed by atoms with Crippen LogP contribution in [0, 0.1) is 13.8 Å². The Morgan fingerprint density at radius 1 is 0.968 bits per heavy atom. The first-order valence-electron chi connectivity index (χ1n) is 10.1. The van der Waals surface area contributed by atoms with E-state index in [-0.39, 0.29) is 18.1 Å². The molecule has 0 aliphatic carbocycles. The second kappa shape index (κ2) is 10.1. The summed E-state index contributed by atoms with van der Waals surface area (Å²) < 4.78 is 40.1. The van der Waals surface area contributed by atoms with Gasteiger partial charge in [-0.3, -0.25) is 0 Å². The zero-order valence-electron chi connectivity index (χ0n) is 18.1. The van der Waals surface area contributed by atoms with Gasteiger partial charge in [0.15, 0.2) is 5.97 Å². The quantitative estimate of drug-likeness (QED) is 0.342. The molecule has 0 aliphatic rings. The van der Waals surface area contributed by atoms with Crippen LogP contribution in [0.3, 0.4) is 0 Å². The van der Waals surface area contributed by atoms with E-state index in [1.807, 2.05) is 50.2 Å². The Balaban J connectivity index is 2.30. The Labute approximate surface area is 185 Å². The molecule has 2 atom stereocenters. The molecule has 0 bridgehead atoms. The number of fused-ring (bicyclic) bond motifs is 1. The van der Waals surface area contributed by atoms with Crippen LogP contribution >= 0.6 is 8.38 Å². The summed E-state index contributed by atoms with van der Waals surface area (Å²) in [6.45, 7) is 7.46. The smallest absolute Gasteiger partial charge is 0.266 e. The van der Waals surface area contributed by atoms with Crippen LogP contribution in [0.5, 0.6) is 0 Å². The number of anilines is 1. The molecule has 6 nitrogen and oxygen atoms in total. The molecule has 0 saturated carbocycles. The van der Waals surface area contributed by atoms with Crippen LogP contribution in [-0.4, -0.2) is 27.6 Å². The molecule has 3 rings (SSSR count). The predicted octanol–water partition coefficient (Wildman–Crippen LogP) is 4.68. The minimum absolute atomic E-state index is 0.113. The monoisotopic (exact) mass is 460 g/mol. The number of hydrogen-bond donors (Lipinski definition) is 0. The van der Waals surface area contributed by atoms with Gasteiger partial charge in [-0.2, -0.15) is 0 Å². The minimum atomic E-state index is -4.13. The van der Waals surface area contributed by atoms with Gasteiger partial charge in [0.05, 0.1) is 10.6 Å².